The van der Waals surface area contributed by atoms with Crippen molar-refractivity contribution in [1.29, 1.82) is 0 Å². The Morgan fingerprint density at radius 1 is 0.491 bits per heavy atom. The highest BCUT2D eigenvalue weighted by atomic mass is 16.3. The van der Waals surface area contributed by atoms with Crippen molar-refractivity contribution < 1.29 is 4.42 Å². The lowest BCUT2D eigenvalue weighted by Crippen LogP contribution is -2.20. The van der Waals surface area contributed by atoms with E-state index in [2.05, 4.69) is 183 Å². The van der Waals surface area contributed by atoms with Crippen LogP contribution in [0, 0.1) is 13.8 Å². The van der Waals surface area contributed by atoms with Crippen molar-refractivity contribution in [2.75, 3.05) is 9.80 Å². The van der Waals surface area contributed by atoms with Gasteiger partial charge in [0, 0.05) is 55.9 Å². The van der Waals surface area contributed by atoms with Crippen LogP contribution in [0.4, 0.5) is 28.4 Å². The maximum atomic E-state index is 6.94. The molecule has 0 saturated carbocycles. The summed E-state index contributed by atoms with van der Waals surface area (Å²) in [6.45, 7) is 17.6. The van der Waals surface area contributed by atoms with E-state index in [-0.39, 0.29) is 10.8 Å². The molecule has 0 spiro atoms. The molecule has 3 aromatic heterocycles. The van der Waals surface area contributed by atoms with E-state index in [1.54, 1.807) is 0 Å². The fraction of sp³-hybridized carbons (Fsp3) is 0.231. The van der Waals surface area contributed by atoms with Gasteiger partial charge in [-0.3, -0.25) is 9.97 Å². The zero-order valence-electron chi connectivity index (χ0n) is 34.3. The number of aryl methyl sites for hydroxylation is 3. The van der Waals surface area contributed by atoms with Crippen molar-refractivity contribution in [2.45, 2.75) is 79.1 Å². The Hall–Kier alpha value is -6.20. The van der Waals surface area contributed by atoms with Gasteiger partial charge in [-0.2, -0.15) is 0 Å². The Labute approximate surface area is 336 Å². The number of furan rings is 1. The first-order valence-corrected chi connectivity index (χ1v) is 20.1. The number of nitrogens with zero attached hydrogens (tertiary/aromatic N) is 4. The number of rotatable bonds is 6. The molecule has 57 heavy (non-hydrogen) atoms. The molecule has 3 heterocycles. The van der Waals surface area contributed by atoms with Crippen LogP contribution in [0.5, 0.6) is 0 Å². The van der Waals surface area contributed by atoms with E-state index in [1.807, 2.05) is 26.2 Å². The standard InChI is InChI=1S/C52H50N4O/c1-33-9-17-43(31-53-33)55(39-19-13-37(14-20-39)51(3,4)5)41-23-27-45-35(29-41)11-25-47-48-26-12-36-30-42(24-28-46(36)50(48)57-49(45)47)56(44-18-10-34(2)54-32-44)40-21-15-38(16-22-40)52(6,7)8/h9-23,25-27,29-32H,24,28H2,1-8H3. The lowest BCUT2D eigenvalue weighted by atomic mass is 9.87. The van der Waals surface area contributed by atoms with E-state index in [0.29, 0.717) is 0 Å². The molecule has 284 valence electrons. The summed E-state index contributed by atoms with van der Waals surface area (Å²) in [4.78, 5) is 14.0. The van der Waals surface area contributed by atoms with Crippen molar-refractivity contribution in [3.8, 4) is 0 Å². The fourth-order valence-electron chi connectivity index (χ4n) is 8.23. The fourth-order valence-corrected chi connectivity index (χ4v) is 8.23. The molecule has 5 nitrogen and oxygen atoms in total. The topological polar surface area (TPSA) is 45.4 Å². The SMILES string of the molecule is Cc1ccc(N(C2=Cc3ccc4c(oc5c6ccc(N(c7ccc(C(C)(C)C)cc7)c7ccc(C)nc7)cc6ccc45)c3CC2)c2ccc(C(C)(C)C)cc2)cn1. The summed E-state index contributed by atoms with van der Waals surface area (Å²) in [7, 11) is 0. The van der Waals surface area contributed by atoms with Crippen molar-refractivity contribution in [2.24, 2.45) is 0 Å². The van der Waals surface area contributed by atoms with Gasteiger partial charge in [-0.1, -0.05) is 77.9 Å². The lowest BCUT2D eigenvalue weighted by molar-refractivity contribution is 0.590. The van der Waals surface area contributed by atoms with E-state index in [4.69, 9.17) is 4.42 Å². The van der Waals surface area contributed by atoms with Gasteiger partial charge in [-0.15, -0.1) is 0 Å². The van der Waals surface area contributed by atoms with Crippen LogP contribution in [0.15, 0.2) is 138 Å². The molecule has 0 aliphatic heterocycles. The van der Waals surface area contributed by atoms with Gasteiger partial charge in [0.1, 0.15) is 11.2 Å². The number of hydrogen-bond acceptors (Lipinski definition) is 5. The van der Waals surface area contributed by atoms with Gasteiger partial charge in [0.05, 0.1) is 23.8 Å². The highest BCUT2D eigenvalue weighted by Crippen LogP contribution is 2.43. The normalized spacial score (nSPS) is 13.2. The van der Waals surface area contributed by atoms with Crippen LogP contribution < -0.4 is 9.80 Å². The summed E-state index contributed by atoms with van der Waals surface area (Å²) >= 11 is 0. The number of anilines is 5. The molecule has 0 fully saturated rings. The second kappa shape index (κ2) is 13.8. The largest absolute Gasteiger partial charge is 0.455 e. The Bertz CT molecular complexity index is 2800. The summed E-state index contributed by atoms with van der Waals surface area (Å²) in [6.07, 6.45) is 8.05. The van der Waals surface area contributed by atoms with Gasteiger partial charge in [0.25, 0.3) is 0 Å². The molecule has 8 aromatic rings. The quantitative estimate of drug-likeness (QED) is 0.170. The number of allylic oxidation sites excluding steroid dienone is 1. The smallest absolute Gasteiger partial charge is 0.143 e. The predicted molar refractivity (Wildman–Crippen MR) is 240 cm³/mol. The summed E-state index contributed by atoms with van der Waals surface area (Å²) in [5, 5.41) is 4.54. The number of hydrogen-bond donors (Lipinski definition) is 0. The molecule has 0 atom stereocenters. The van der Waals surface area contributed by atoms with E-state index >= 15 is 0 Å². The summed E-state index contributed by atoms with van der Waals surface area (Å²) in [5.41, 5.74) is 15.8. The highest BCUT2D eigenvalue weighted by Gasteiger charge is 2.25. The van der Waals surface area contributed by atoms with Crippen molar-refractivity contribution >= 4 is 67.2 Å². The van der Waals surface area contributed by atoms with Gasteiger partial charge in [0.2, 0.25) is 0 Å². The molecule has 0 radical (unpaired) electrons. The third kappa shape index (κ3) is 6.75. The van der Waals surface area contributed by atoms with Gasteiger partial charge < -0.3 is 14.2 Å². The third-order valence-electron chi connectivity index (χ3n) is 11.5. The Kier molecular flexibility index (Phi) is 8.80. The number of benzene rings is 5. The van der Waals surface area contributed by atoms with Crippen LogP contribution >= 0.6 is 0 Å². The molecule has 0 unspecified atom stereocenters. The molecular formula is C52H50N4O. The van der Waals surface area contributed by atoms with Crippen LogP contribution in [0.1, 0.15) is 81.6 Å². The molecule has 0 amide bonds. The zero-order chi connectivity index (χ0) is 39.6. The molecule has 0 N–H and O–H groups in total. The molecule has 0 saturated heterocycles. The van der Waals surface area contributed by atoms with E-state index in [9.17, 15) is 0 Å². The van der Waals surface area contributed by atoms with Crippen molar-refractivity contribution in [1.82, 2.24) is 9.97 Å². The molecule has 5 heteroatoms. The van der Waals surface area contributed by atoms with E-state index in [1.165, 1.54) is 28.0 Å². The maximum absolute atomic E-state index is 6.94. The van der Waals surface area contributed by atoms with Gasteiger partial charge in [0.15, 0.2) is 0 Å². The maximum Gasteiger partial charge on any atom is 0.143 e. The van der Waals surface area contributed by atoms with Crippen LogP contribution in [-0.4, -0.2) is 9.97 Å². The van der Waals surface area contributed by atoms with Gasteiger partial charge >= 0.3 is 0 Å². The van der Waals surface area contributed by atoms with Crippen LogP contribution in [-0.2, 0) is 17.3 Å². The number of aromatic nitrogens is 2. The Morgan fingerprint density at radius 3 is 1.58 bits per heavy atom. The average Bonchev–Trinajstić information content (AvgIpc) is 3.59. The summed E-state index contributed by atoms with van der Waals surface area (Å²) in [6, 6.07) is 42.1. The first-order valence-electron chi connectivity index (χ1n) is 20.1. The lowest BCUT2D eigenvalue weighted by Gasteiger charge is -2.31. The minimum Gasteiger partial charge on any atom is -0.455 e. The first-order chi connectivity index (χ1) is 27.3. The van der Waals surface area contributed by atoms with Crippen LogP contribution in [0.3, 0.4) is 0 Å². The average molecular weight is 747 g/mol. The van der Waals surface area contributed by atoms with Gasteiger partial charge in [-0.05, 0) is 145 Å². The number of pyridine rings is 2. The predicted octanol–water partition coefficient (Wildman–Crippen LogP) is 14.3. The minimum atomic E-state index is 0.0753. The summed E-state index contributed by atoms with van der Waals surface area (Å²) in [5.74, 6) is 0. The van der Waals surface area contributed by atoms with E-state index < -0.39 is 0 Å². The molecule has 9 rings (SSSR count). The molecule has 5 aromatic carbocycles. The van der Waals surface area contributed by atoms with Gasteiger partial charge in [-0.25, -0.2) is 0 Å². The second-order valence-corrected chi connectivity index (χ2v) is 17.7. The summed E-state index contributed by atoms with van der Waals surface area (Å²) < 4.78 is 6.94. The molecule has 1 aliphatic rings. The van der Waals surface area contributed by atoms with Crippen molar-refractivity contribution in [3.63, 3.8) is 0 Å². The van der Waals surface area contributed by atoms with Crippen LogP contribution in [0.2, 0.25) is 0 Å². The monoisotopic (exact) mass is 746 g/mol. The number of fused-ring (bicyclic) bond motifs is 7. The second-order valence-electron chi connectivity index (χ2n) is 17.7. The first kappa shape index (κ1) is 36.4. The highest BCUT2D eigenvalue weighted by molar-refractivity contribution is 6.16. The third-order valence-corrected chi connectivity index (χ3v) is 11.5. The van der Waals surface area contributed by atoms with Crippen molar-refractivity contribution in [3.05, 3.63) is 167 Å². The van der Waals surface area contributed by atoms with Crippen LogP contribution in [0.25, 0.3) is 38.8 Å². The van der Waals surface area contributed by atoms with E-state index in [0.717, 1.165) is 85.4 Å². The Morgan fingerprint density at radius 2 is 1.00 bits per heavy atom. The Balaban J connectivity index is 1.11. The molecular weight excluding hydrogens is 697 g/mol. The molecule has 1 aliphatic carbocycles. The molecule has 0 bridgehead atoms. The zero-order valence-corrected chi connectivity index (χ0v) is 34.3. The minimum absolute atomic E-state index is 0.0753.